The molecule has 0 atom stereocenters. The minimum Gasteiger partial charge on any atom is -0.147 e. The Hall–Kier alpha value is 1.60. The molecule has 0 aliphatic rings. The Kier molecular flexibility index (Phi) is 283. The third-order valence-corrected chi connectivity index (χ3v) is 0. The zero-order valence-corrected chi connectivity index (χ0v) is 7.21. The standard InChI is InChI=1S/CH3I.3ClH/c1-2;;;/h1H3;3*1H. The maximum atomic E-state index is 2.15. The van der Waals surface area contributed by atoms with Crippen LogP contribution in [0.1, 0.15) is 0 Å². The molecule has 0 aromatic carbocycles. The summed E-state index contributed by atoms with van der Waals surface area (Å²) >= 11 is 2.15. The van der Waals surface area contributed by atoms with Crippen LogP contribution < -0.4 is 0 Å². The van der Waals surface area contributed by atoms with Gasteiger partial charge < -0.3 is 0 Å². The summed E-state index contributed by atoms with van der Waals surface area (Å²) in [4.78, 5) is 1.97. The SMILES string of the molecule is CI.Cl.Cl.Cl. The summed E-state index contributed by atoms with van der Waals surface area (Å²) in [5.41, 5.74) is 0. The Balaban J connectivity index is -0.00000000167. The lowest BCUT2D eigenvalue weighted by atomic mass is 12.0. The lowest BCUT2D eigenvalue weighted by Gasteiger charge is -1.05. The number of halogens is 4. The molecule has 38 valence electrons. The number of alkyl halides is 1. The number of rotatable bonds is 0. The van der Waals surface area contributed by atoms with Gasteiger partial charge >= 0.3 is 0 Å². The fraction of sp³-hybridized carbons (Fsp3) is 1.00. The van der Waals surface area contributed by atoms with Crippen LogP contribution in [0.25, 0.3) is 0 Å². The normalized spacial score (nSPS) is 1.20. The van der Waals surface area contributed by atoms with Crippen molar-refractivity contribution < 1.29 is 0 Å². The van der Waals surface area contributed by atoms with Crippen molar-refractivity contribution in [3.8, 4) is 0 Å². The first-order valence-electron chi connectivity index (χ1n) is 0.378. The highest BCUT2D eigenvalue weighted by Gasteiger charge is 0.950. The summed E-state index contributed by atoms with van der Waals surface area (Å²) < 4.78 is 0. The minimum absolute atomic E-state index is 0. The van der Waals surface area contributed by atoms with Crippen LogP contribution in [-0.4, -0.2) is 4.93 Å². The topological polar surface area (TPSA) is 0 Å². The van der Waals surface area contributed by atoms with Crippen molar-refractivity contribution >= 4 is 59.8 Å². The zero-order valence-electron chi connectivity index (χ0n) is 2.60. The molecule has 0 nitrogen and oxygen atoms in total. The number of hydrogen-bond donors (Lipinski definition) is 0. The van der Waals surface area contributed by atoms with Crippen molar-refractivity contribution in [3.05, 3.63) is 0 Å². The average molecular weight is 251 g/mol. The lowest BCUT2D eigenvalue weighted by molar-refractivity contribution is 2.66. The third-order valence-electron chi connectivity index (χ3n) is 0. The van der Waals surface area contributed by atoms with Crippen LogP contribution in [0.4, 0.5) is 0 Å². The van der Waals surface area contributed by atoms with E-state index < -0.39 is 0 Å². The van der Waals surface area contributed by atoms with Crippen LogP contribution in [0, 0.1) is 0 Å². The molecule has 0 amide bonds. The molecule has 0 radical (unpaired) electrons. The van der Waals surface area contributed by atoms with E-state index >= 15 is 0 Å². The van der Waals surface area contributed by atoms with Crippen LogP contribution in [0.3, 0.4) is 0 Å². The van der Waals surface area contributed by atoms with Gasteiger partial charge in [0.25, 0.3) is 0 Å². The first-order chi connectivity index (χ1) is 1.00. The van der Waals surface area contributed by atoms with Crippen molar-refractivity contribution in [2.45, 2.75) is 0 Å². The largest absolute Gasteiger partial charge is 0.147 e. The second-order valence-corrected chi connectivity index (χ2v) is 0. The Bertz CT molecular complexity index is 6.85. The maximum absolute atomic E-state index is 2.15. The van der Waals surface area contributed by atoms with Gasteiger partial charge in [-0.1, -0.05) is 22.6 Å². The maximum Gasteiger partial charge on any atom is -0.0121 e. The van der Waals surface area contributed by atoms with Gasteiger partial charge in [-0.15, -0.1) is 37.2 Å². The van der Waals surface area contributed by atoms with Crippen LogP contribution in [-0.2, 0) is 0 Å². The minimum atomic E-state index is 0. The summed E-state index contributed by atoms with van der Waals surface area (Å²) in [6.07, 6.45) is 0. The molecule has 0 aliphatic carbocycles. The van der Waals surface area contributed by atoms with Crippen molar-refractivity contribution in [3.63, 3.8) is 0 Å². The van der Waals surface area contributed by atoms with E-state index in [2.05, 4.69) is 22.6 Å². The monoisotopic (exact) mass is 250 g/mol. The summed E-state index contributed by atoms with van der Waals surface area (Å²) in [5.74, 6) is 0. The van der Waals surface area contributed by atoms with Gasteiger partial charge in [-0.3, -0.25) is 0 Å². The Morgan fingerprint density at radius 2 is 0.800 bits per heavy atom. The molecule has 5 heavy (non-hydrogen) atoms. The van der Waals surface area contributed by atoms with Crippen LogP contribution in [0.2, 0.25) is 0 Å². The van der Waals surface area contributed by atoms with Gasteiger partial charge in [-0.2, -0.15) is 0 Å². The highest BCUT2D eigenvalue weighted by Crippen LogP contribution is 1.48. The fourth-order valence-electron chi connectivity index (χ4n) is 0. The molecule has 0 aromatic rings. The third kappa shape index (κ3) is 28.3. The van der Waals surface area contributed by atoms with E-state index in [1.807, 2.05) is 4.93 Å². The summed E-state index contributed by atoms with van der Waals surface area (Å²) in [6, 6.07) is 0. The van der Waals surface area contributed by atoms with Crippen molar-refractivity contribution in [1.82, 2.24) is 0 Å². The average Bonchev–Trinajstić information content (AvgIpc) is 1.00. The predicted octanol–water partition coefficient (Wildman–Crippen LogP) is 2.32. The van der Waals surface area contributed by atoms with E-state index in [4.69, 9.17) is 0 Å². The van der Waals surface area contributed by atoms with Gasteiger partial charge in [0.2, 0.25) is 0 Å². The molecular weight excluding hydrogens is 245 g/mol. The molecule has 0 fully saturated rings. The van der Waals surface area contributed by atoms with Gasteiger partial charge in [0.05, 0.1) is 0 Å². The van der Waals surface area contributed by atoms with E-state index in [0.29, 0.717) is 0 Å². The Labute approximate surface area is 64.5 Å². The highest BCUT2D eigenvalue weighted by molar-refractivity contribution is 14.1. The van der Waals surface area contributed by atoms with E-state index in [-0.39, 0.29) is 37.2 Å². The van der Waals surface area contributed by atoms with Crippen molar-refractivity contribution in [1.29, 1.82) is 0 Å². The molecule has 0 unspecified atom stereocenters. The Morgan fingerprint density at radius 3 is 0.800 bits per heavy atom. The quantitative estimate of drug-likeness (QED) is 0.458. The fourth-order valence-corrected chi connectivity index (χ4v) is 0. The van der Waals surface area contributed by atoms with E-state index in [1.54, 1.807) is 0 Å². The van der Waals surface area contributed by atoms with Gasteiger partial charge in [-0.05, 0) is 4.93 Å². The molecule has 0 saturated carbocycles. The van der Waals surface area contributed by atoms with E-state index in [9.17, 15) is 0 Å². The zero-order chi connectivity index (χ0) is 2.00. The van der Waals surface area contributed by atoms with Gasteiger partial charge in [-0.25, -0.2) is 0 Å². The molecular formula is CH6Cl3I. The molecule has 0 aliphatic heterocycles. The smallest absolute Gasteiger partial charge is 0.0121 e. The van der Waals surface area contributed by atoms with Crippen LogP contribution in [0.5, 0.6) is 0 Å². The van der Waals surface area contributed by atoms with Gasteiger partial charge in [0.15, 0.2) is 0 Å². The van der Waals surface area contributed by atoms with Gasteiger partial charge in [0.1, 0.15) is 0 Å². The molecule has 0 aromatic heterocycles. The molecule has 0 bridgehead atoms. The number of hydrogen-bond acceptors (Lipinski definition) is 0. The predicted molar refractivity (Wildman–Crippen MR) is 41.7 cm³/mol. The van der Waals surface area contributed by atoms with Gasteiger partial charge in [0, 0.05) is 0 Å². The Morgan fingerprint density at radius 1 is 0.800 bits per heavy atom. The van der Waals surface area contributed by atoms with E-state index in [1.165, 1.54) is 0 Å². The van der Waals surface area contributed by atoms with Crippen molar-refractivity contribution in [2.75, 3.05) is 4.93 Å². The molecule has 0 spiro atoms. The van der Waals surface area contributed by atoms with Crippen LogP contribution in [0.15, 0.2) is 0 Å². The molecule has 4 heteroatoms. The van der Waals surface area contributed by atoms with Crippen molar-refractivity contribution in [2.24, 2.45) is 0 Å². The second kappa shape index (κ2) is 46.3. The molecule has 0 rings (SSSR count). The second-order valence-electron chi connectivity index (χ2n) is 0. The molecule has 0 heterocycles. The lowest BCUT2D eigenvalue weighted by Crippen LogP contribution is -0.798. The first-order valence-corrected chi connectivity index (χ1v) is 2.54. The molecule has 0 saturated heterocycles. The van der Waals surface area contributed by atoms with E-state index in [0.717, 1.165) is 0 Å². The van der Waals surface area contributed by atoms with Crippen LogP contribution >= 0.6 is 59.8 Å². The summed E-state index contributed by atoms with van der Waals surface area (Å²) in [6.45, 7) is 0. The first kappa shape index (κ1) is 30.6. The molecule has 0 N–H and O–H groups in total. The summed E-state index contributed by atoms with van der Waals surface area (Å²) in [5, 5.41) is 0. The summed E-state index contributed by atoms with van der Waals surface area (Å²) in [7, 11) is 0. The highest BCUT2D eigenvalue weighted by atomic mass is 127.